The Kier molecular flexibility index (Phi) is 62.2. The van der Waals surface area contributed by atoms with E-state index in [1.807, 2.05) is 0 Å². The predicted molar refractivity (Wildman–Crippen MR) is 377 cm³/mol. The Morgan fingerprint density at radius 2 is 0.516 bits per heavy atom. The molecule has 0 heterocycles. The molecule has 4 unspecified atom stereocenters. The highest BCUT2D eigenvalue weighted by Gasteiger charge is 2.30. The highest BCUT2D eigenvalue weighted by molar-refractivity contribution is 7.47. The number of aliphatic hydroxyl groups is 1. The van der Waals surface area contributed by atoms with Gasteiger partial charge in [-0.2, -0.15) is 0 Å². The van der Waals surface area contributed by atoms with Crippen molar-refractivity contribution in [2.24, 2.45) is 23.7 Å². The molecule has 93 heavy (non-hydrogen) atoms. The van der Waals surface area contributed by atoms with Crippen LogP contribution in [0.3, 0.4) is 0 Å². The largest absolute Gasteiger partial charge is 0.472 e. The summed E-state index contributed by atoms with van der Waals surface area (Å²) < 4.78 is 68.4. The third kappa shape index (κ3) is 65.8. The minimum atomic E-state index is -4.96. The van der Waals surface area contributed by atoms with Crippen LogP contribution < -0.4 is 0 Å². The molecule has 0 spiro atoms. The number of carbonyl (C=O) groups excluding carboxylic acids is 4. The molecule has 7 atom stereocenters. The van der Waals surface area contributed by atoms with Crippen LogP contribution in [0.1, 0.15) is 370 Å². The molecule has 0 bridgehead atoms. The van der Waals surface area contributed by atoms with E-state index in [9.17, 15) is 43.2 Å². The Balaban J connectivity index is 5.17. The van der Waals surface area contributed by atoms with Crippen molar-refractivity contribution in [3.05, 3.63) is 0 Å². The maximum absolute atomic E-state index is 13.0. The van der Waals surface area contributed by atoms with Crippen LogP contribution >= 0.6 is 15.6 Å². The number of rotatable bonds is 71. The Morgan fingerprint density at radius 3 is 0.763 bits per heavy atom. The van der Waals surface area contributed by atoms with Gasteiger partial charge in [0, 0.05) is 25.7 Å². The van der Waals surface area contributed by atoms with Gasteiger partial charge in [-0.25, -0.2) is 9.13 Å². The Morgan fingerprint density at radius 1 is 0.301 bits per heavy atom. The standard InChI is InChI=1S/C74H144O17P2/c1-9-66(7)52-44-36-30-32-39-47-55-72(77)85-61-69(90-73(78)56-48-40-29-24-20-18-16-14-12-11-13-15-17-19-22-26-34-42-50-64(3)4)62-88-92(80,81)86-58-68(75)59-87-93(82,83)89-63-70(91-74(79)57-49-41-33-31-37-45-53-67(8)10-2)60-84-71(76)54-46-38-28-25-21-23-27-35-43-51-65(5)6/h64-70,75H,9-63H2,1-8H3,(H,80,81)(H,82,83)/t66?,67?,68-,69+,70+/m0/s1. The Bertz CT molecular complexity index is 1840. The number of esters is 4. The molecule has 0 amide bonds. The number of hydrogen-bond acceptors (Lipinski definition) is 15. The fourth-order valence-corrected chi connectivity index (χ4v) is 12.7. The van der Waals surface area contributed by atoms with Crippen molar-refractivity contribution in [3.63, 3.8) is 0 Å². The summed E-state index contributed by atoms with van der Waals surface area (Å²) in [6.07, 6.45) is 47.4. The first-order valence-electron chi connectivity index (χ1n) is 38.3. The van der Waals surface area contributed by atoms with Crippen LogP contribution in [0.2, 0.25) is 0 Å². The van der Waals surface area contributed by atoms with Crippen LogP contribution in [0.5, 0.6) is 0 Å². The molecule has 0 aliphatic carbocycles. The van der Waals surface area contributed by atoms with Crippen LogP contribution in [0.15, 0.2) is 0 Å². The van der Waals surface area contributed by atoms with E-state index in [2.05, 4.69) is 55.4 Å². The molecule has 0 aromatic rings. The fourth-order valence-electron chi connectivity index (χ4n) is 11.1. The summed E-state index contributed by atoms with van der Waals surface area (Å²) in [4.78, 5) is 72.6. The lowest BCUT2D eigenvalue weighted by molar-refractivity contribution is -0.161. The van der Waals surface area contributed by atoms with Gasteiger partial charge in [-0.3, -0.25) is 37.3 Å². The molecule has 0 fully saturated rings. The van der Waals surface area contributed by atoms with Gasteiger partial charge in [-0.05, 0) is 49.4 Å². The molecular formula is C74H144O17P2. The summed E-state index contributed by atoms with van der Waals surface area (Å²) >= 11 is 0. The lowest BCUT2D eigenvalue weighted by atomic mass is 10.00. The molecule has 0 aromatic heterocycles. The van der Waals surface area contributed by atoms with E-state index in [-0.39, 0.29) is 25.7 Å². The third-order valence-electron chi connectivity index (χ3n) is 17.8. The Hall–Kier alpha value is -1.94. The number of ether oxygens (including phenoxy) is 4. The van der Waals surface area contributed by atoms with Gasteiger partial charge in [-0.15, -0.1) is 0 Å². The summed E-state index contributed by atoms with van der Waals surface area (Å²) in [5.41, 5.74) is 0. The van der Waals surface area contributed by atoms with Crippen molar-refractivity contribution in [1.82, 2.24) is 0 Å². The lowest BCUT2D eigenvalue weighted by Gasteiger charge is -2.21. The predicted octanol–water partition coefficient (Wildman–Crippen LogP) is 21.3. The molecular weight excluding hydrogens is 1220 g/mol. The summed E-state index contributed by atoms with van der Waals surface area (Å²) in [6.45, 7) is 14.1. The van der Waals surface area contributed by atoms with Crippen molar-refractivity contribution in [2.45, 2.75) is 388 Å². The minimum absolute atomic E-state index is 0.102. The number of carbonyl (C=O) groups is 4. The zero-order valence-electron chi connectivity index (χ0n) is 60.9. The molecule has 3 N–H and O–H groups in total. The van der Waals surface area contributed by atoms with E-state index in [0.29, 0.717) is 25.7 Å². The number of hydrogen-bond donors (Lipinski definition) is 3. The molecule has 0 aliphatic rings. The van der Waals surface area contributed by atoms with Gasteiger partial charge >= 0.3 is 39.5 Å². The van der Waals surface area contributed by atoms with Crippen molar-refractivity contribution in [1.29, 1.82) is 0 Å². The molecule has 0 rings (SSSR count). The van der Waals surface area contributed by atoms with Crippen LogP contribution in [-0.2, 0) is 65.4 Å². The van der Waals surface area contributed by atoms with Crippen LogP contribution in [0, 0.1) is 23.7 Å². The SMILES string of the molecule is CCC(C)CCCCCCCCC(=O)OC[C@H](COP(=O)(O)OC[C@H](O)COP(=O)(O)OC[C@@H](COC(=O)CCCCCCCCCCCC(C)C)OC(=O)CCCCCCCCC(C)CC)OC(=O)CCCCCCCCCCCCCCCCCCCCC(C)C. The average Bonchev–Trinajstić information content (AvgIpc) is 2.30. The summed E-state index contributed by atoms with van der Waals surface area (Å²) in [5, 5.41) is 10.6. The van der Waals surface area contributed by atoms with Gasteiger partial charge in [0.25, 0.3) is 0 Å². The molecule has 19 heteroatoms. The van der Waals surface area contributed by atoms with Gasteiger partial charge in [0.05, 0.1) is 26.4 Å². The van der Waals surface area contributed by atoms with E-state index >= 15 is 0 Å². The van der Waals surface area contributed by atoms with E-state index in [4.69, 9.17) is 37.0 Å². The smallest absolute Gasteiger partial charge is 0.462 e. The first-order valence-corrected chi connectivity index (χ1v) is 41.3. The minimum Gasteiger partial charge on any atom is -0.462 e. The normalized spacial score (nSPS) is 14.8. The maximum atomic E-state index is 13.0. The van der Waals surface area contributed by atoms with Gasteiger partial charge in [0.1, 0.15) is 19.3 Å². The fraction of sp³-hybridized carbons (Fsp3) is 0.946. The summed E-state index contributed by atoms with van der Waals surface area (Å²) in [7, 11) is -9.91. The third-order valence-corrected chi connectivity index (χ3v) is 19.7. The Labute approximate surface area is 568 Å². The molecule has 17 nitrogen and oxygen atoms in total. The second-order valence-corrected chi connectivity index (χ2v) is 31.0. The summed E-state index contributed by atoms with van der Waals surface area (Å²) in [5.74, 6) is 0.886. The van der Waals surface area contributed by atoms with Crippen LogP contribution in [-0.4, -0.2) is 96.7 Å². The zero-order valence-corrected chi connectivity index (χ0v) is 62.7. The number of phosphoric acid groups is 2. The van der Waals surface area contributed by atoms with Crippen LogP contribution in [0.4, 0.5) is 0 Å². The van der Waals surface area contributed by atoms with Gasteiger partial charge in [0.2, 0.25) is 0 Å². The van der Waals surface area contributed by atoms with Crippen molar-refractivity contribution in [3.8, 4) is 0 Å². The lowest BCUT2D eigenvalue weighted by Crippen LogP contribution is -2.30. The first kappa shape index (κ1) is 91.1. The first-order chi connectivity index (χ1) is 44.7. The van der Waals surface area contributed by atoms with Gasteiger partial charge in [-0.1, -0.05) is 319 Å². The molecule has 0 aromatic carbocycles. The van der Waals surface area contributed by atoms with Gasteiger partial charge < -0.3 is 33.8 Å². The molecule has 0 aliphatic heterocycles. The van der Waals surface area contributed by atoms with Gasteiger partial charge in [0.15, 0.2) is 12.2 Å². The second-order valence-electron chi connectivity index (χ2n) is 28.1. The van der Waals surface area contributed by atoms with Crippen molar-refractivity contribution in [2.75, 3.05) is 39.6 Å². The molecule has 0 saturated carbocycles. The number of unbranched alkanes of at least 4 members (excludes halogenated alkanes) is 35. The van der Waals surface area contributed by atoms with E-state index in [1.54, 1.807) is 0 Å². The number of aliphatic hydroxyl groups excluding tert-OH is 1. The quantitative estimate of drug-likeness (QED) is 0.0222. The molecule has 552 valence electrons. The highest BCUT2D eigenvalue weighted by Crippen LogP contribution is 2.45. The topological polar surface area (TPSA) is 237 Å². The van der Waals surface area contributed by atoms with Crippen molar-refractivity contribution < 1.29 is 80.2 Å². The highest BCUT2D eigenvalue weighted by atomic mass is 31.2. The van der Waals surface area contributed by atoms with E-state index in [1.165, 1.54) is 167 Å². The molecule has 0 saturated heterocycles. The zero-order chi connectivity index (χ0) is 68.9. The van der Waals surface area contributed by atoms with Crippen LogP contribution in [0.25, 0.3) is 0 Å². The van der Waals surface area contributed by atoms with E-state index in [0.717, 1.165) is 120 Å². The average molecular weight is 1370 g/mol. The molecule has 0 radical (unpaired) electrons. The summed E-state index contributed by atoms with van der Waals surface area (Å²) in [6, 6.07) is 0. The van der Waals surface area contributed by atoms with E-state index < -0.39 is 97.5 Å². The number of phosphoric ester groups is 2. The second kappa shape index (κ2) is 63.5. The van der Waals surface area contributed by atoms with Crippen molar-refractivity contribution >= 4 is 39.5 Å². The monoisotopic (exact) mass is 1370 g/mol. The maximum Gasteiger partial charge on any atom is 0.472 e.